The van der Waals surface area contributed by atoms with Gasteiger partial charge in [0.25, 0.3) is 0 Å². The largest absolute Gasteiger partial charge is 0.493 e. The summed E-state index contributed by atoms with van der Waals surface area (Å²) < 4.78 is 10.7. The fraction of sp³-hybridized carbons (Fsp3) is 0.235. The first kappa shape index (κ1) is 14.9. The molecule has 0 atom stereocenters. The molecule has 4 nitrogen and oxygen atoms in total. The van der Waals surface area contributed by atoms with E-state index in [4.69, 9.17) is 15.2 Å². The average Bonchev–Trinajstić information content (AvgIpc) is 2.50. The molecule has 0 bridgehead atoms. The lowest BCUT2D eigenvalue weighted by molar-refractivity contribution is -0.143. The quantitative estimate of drug-likeness (QED) is 0.483. The van der Waals surface area contributed by atoms with Gasteiger partial charge < -0.3 is 15.2 Å². The van der Waals surface area contributed by atoms with Crippen LogP contribution in [0.2, 0.25) is 0 Å². The molecule has 2 aromatic carbocycles. The fourth-order valence-electron chi connectivity index (χ4n) is 1.85. The van der Waals surface area contributed by atoms with Crippen LogP contribution in [0.25, 0.3) is 0 Å². The summed E-state index contributed by atoms with van der Waals surface area (Å²) in [4.78, 5) is 11.7. The molecular weight excluding hydrogens is 266 g/mol. The number of nitrogens with two attached hydrogens (primary N) is 1. The van der Waals surface area contributed by atoms with Crippen LogP contribution in [0.1, 0.15) is 12.0 Å². The normalized spacial score (nSPS) is 10.1. The van der Waals surface area contributed by atoms with Crippen LogP contribution in [0.4, 0.5) is 5.69 Å². The third-order valence-electron chi connectivity index (χ3n) is 2.95. The van der Waals surface area contributed by atoms with Crippen LogP contribution in [0.5, 0.6) is 5.75 Å². The Kier molecular flexibility index (Phi) is 5.64. The molecule has 0 saturated heterocycles. The molecule has 0 aliphatic heterocycles. The van der Waals surface area contributed by atoms with E-state index in [9.17, 15) is 4.79 Å². The lowest BCUT2D eigenvalue weighted by atomic mass is 10.1. The van der Waals surface area contributed by atoms with Gasteiger partial charge in [0, 0.05) is 12.1 Å². The smallest absolute Gasteiger partial charge is 0.310 e. The van der Waals surface area contributed by atoms with E-state index in [1.54, 1.807) is 6.07 Å². The SMILES string of the molecule is Nc1ccccc1CC(=O)OCCCOc1ccccc1. The highest BCUT2D eigenvalue weighted by Crippen LogP contribution is 2.12. The predicted molar refractivity (Wildman–Crippen MR) is 82.1 cm³/mol. The van der Waals surface area contributed by atoms with Gasteiger partial charge in [0.05, 0.1) is 19.6 Å². The highest BCUT2D eigenvalue weighted by atomic mass is 16.5. The van der Waals surface area contributed by atoms with Crippen LogP contribution in [0, 0.1) is 0 Å². The average molecular weight is 285 g/mol. The van der Waals surface area contributed by atoms with Gasteiger partial charge in [-0.2, -0.15) is 0 Å². The van der Waals surface area contributed by atoms with Crippen molar-refractivity contribution in [3.05, 3.63) is 60.2 Å². The second-order valence-corrected chi connectivity index (χ2v) is 4.61. The molecule has 2 rings (SSSR count). The minimum atomic E-state index is -0.271. The number of hydrogen-bond donors (Lipinski definition) is 1. The van der Waals surface area contributed by atoms with Crippen molar-refractivity contribution in [1.82, 2.24) is 0 Å². The summed E-state index contributed by atoms with van der Waals surface area (Å²) in [7, 11) is 0. The van der Waals surface area contributed by atoms with Gasteiger partial charge in [-0.1, -0.05) is 36.4 Å². The first-order valence-electron chi connectivity index (χ1n) is 6.92. The lowest BCUT2D eigenvalue weighted by Crippen LogP contribution is -2.12. The van der Waals surface area contributed by atoms with Gasteiger partial charge in [-0.05, 0) is 23.8 Å². The maximum atomic E-state index is 11.7. The van der Waals surface area contributed by atoms with Gasteiger partial charge in [-0.3, -0.25) is 4.79 Å². The van der Waals surface area contributed by atoms with Crippen molar-refractivity contribution in [1.29, 1.82) is 0 Å². The Labute approximate surface area is 124 Å². The zero-order valence-electron chi connectivity index (χ0n) is 11.8. The number of carbonyl (C=O) groups excluding carboxylic acids is 1. The second kappa shape index (κ2) is 7.94. The Balaban J connectivity index is 1.63. The molecule has 0 unspecified atom stereocenters. The zero-order chi connectivity index (χ0) is 14.9. The summed E-state index contributed by atoms with van der Waals surface area (Å²) in [6, 6.07) is 16.8. The van der Waals surface area contributed by atoms with E-state index >= 15 is 0 Å². The van der Waals surface area contributed by atoms with Gasteiger partial charge in [-0.15, -0.1) is 0 Å². The number of benzene rings is 2. The van der Waals surface area contributed by atoms with E-state index in [0.717, 1.165) is 11.3 Å². The second-order valence-electron chi connectivity index (χ2n) is 4.61. The molecule has 0 aliphatic rings. The minimum Gasteiger partial charge on any atom is -0.493 e. The molecule has 0 heterocycles. The van der Waals surface area contributed by atoms with E-state index in [0.29, 0.717) is 25.3 Å². The third kappa shape index (κ3) is 5.18. The van der Waals surface area contributed by atoms with Crippen molar-refractivity contribution in [3.8, 4) is 5.75 Å². The maximum Gasteiger partial charge on any atom is 0.310 e. The highest BCUT2D eigenvalue weighted by Gasteiger charge is 2.07. The van der Waals surface area contributed by atoms with Crippen LogP contribution in [-0.2, 0) is 16.0 Å². The molecule has 2 N–H and O–H groups in total. The summed E-state index contributed by atoms with van der Waals surface area (Å²) in [6.45, 7) is 0.864. The minimum absolute atomic E-state index is 0.201. The third-order valence-corrected chi connectivity index (χ3v) is 2.95. The van der Waals surface area contributed by atoms with Gasteiger partial charge in [0.2, 0.25) is 0 Å². The van der Waals surface area contributed by atoms with Crippen LogP contribution in [0.15, 0.2) is 54.6 Å². The number of esters is 1. The molecule has 0 radical (unpaired) electrons. The summed E-state index contributed by atoms with van der Waals surface area (Å²) in [5, 5.41) is 0. The molecule has 0 amide bonds. The van der Waals surface area contributed by atoms with E-state index < -0.39 is 0 Å². The Morgan fingerprint density at radius 3 is 2.43 bits per heavy atom. The first-order valence-corrected chi connectivity index (χ1v) is 6.92. The van der Waals surface area contributed by atoms with E-state index in [1.165, 1.54) is 0 Å². The van der Waals surface area contributed by atoms with Crippen molar-refractivity contribution < 1.29 is 14.3 Å². The monoisotopic (exact) mass is 285 g/mol. The molecule has 21 heavy (non-hydrogen) atoms. The van der Waals surface area contributed by atoms with Gasteiger partial charge in [0.1, 0.15) is 5.75 Å². The lowest BCUT2D eigenvalue weighted by Gasteiger charge is -2.08. The number of para-hydroxylation sites is 2. The number of carbonyl (C=O) groups is 1. The molecule has 0 fully saturated rings. The molecule has 4 heteroatoms. The molecule has 2 aromatic rings. The first-order chi connectivity index (χ1) is 10.3. The van der Waals surface area contributed by atoms with Gasteiger partial charge in [-0.25, -0.2) is 0 Å². The molecule has 110 valence electrons. The Bertz CT molecular complexity index is 569. The van der Waals surface area contributed by atoms with Crippen molar-refractivity contribution in [2.75, 3.05) is 18.9 Å². The Morgan fingerprint density at radius 1 is 0.952 bits per heavy atom. The summed E-state index contributed by atoms with van der Waals surface area (Å²) >= 11 is 0. The summed E-state index contributed by atoms with van der Waals surface area (Å²) in [6.07, 6.45) is 0.858. The summed E-state index contributed by atoms with van der Waals surface area (Å²) in [5.74, 6) is 0.550. The number of nitrogen functional groups attached to an aromatic ring is 1. The van der Waals surface area contributed by atoms with Crippen LogP contribution in [-0.4, -0.2) is 19.2 Å². The summed E-state index contributed by atoms with van der Waals surface area (Å²) in [5.41, 5.74) is 7.19. The van der Waals surface area contributed by atoms with E-state index in [-0.39, 0.29) is 12.4 Å². The van der Waals surface area contributed by atoms with Crippen molar-refractivity contribution in [2.24, 2.45) is 0 Å². The molecule has 0 aliphatic carbocycles. The zero-order valence-corrected chi connectivity index (χ0v) is 11.8. The van der Waals surface area contributed by atoms with Gasteiger partial charge in [0.15, 0.2) is 0 Å². The van der Waals surface area contributed by atoms with E-state index in [2.05, 4.69) is 0 Å². The Hall–Kier alpha value is -2.49. The van der Waals surface area contributed by atoms with Gasteiger partial charge >= 0.3 is 5.97 Å². The fourth-order valence-corrected chi connectivity index (χ4v) is 1.85. The number of ether oxygens (including phenoxy) is 2. The number of anilines is 1. The maximum absolute atomic E-state index is 11.7. The van der Waals surface area contributed by atoms with Crippen molar-refractivity contribution in [3.63, 3.8) is 0 Å². The topological polar surface area (TPSA) is 61.6 Å². The molecular formula is C17H19NO3. The molecule has 0 saturated carbocycles. The van der Waals surface area contributed by atoms with Crippen LogP contribution < -0.4 is 10.5 Å². The van der Waals surface area contributed by atoms with Crippen LogP contribution >= 0.6 is 0 Å². The molecule has 0 aromatic heterocycles. The number of hydrogen-bond acceptors (Lipinski definition) is 4. The highest BCUT2D eigenvalue weighted by molar-refractivity contribution is 5.74. The predicted octanol–water partition coefficient (Wildman–Crippen LogP) is 2.82. The Morgan fingerprint density at radius 2 is 1.67 bits per heavy atom. The molecule has 0 spiro atoms. The van der Waals surface area contributed by atoms with E-state index in [1.807, 2.05) is 48.5 Å². The number of rotatable bonds is 7. The standard InChI is InChI=1S/C17H19NO3/c18-16-10-5-4-7-14(16)13-17(19)21-12-6-11-20-15-8-2-1-3-9-15/h1-5,7-10H,6,11-13,18H2. The van der Waals surface area contributed by atoms with Crippen molar-refractivity contribution in [2.45, 2.75) is 12.8 Å². The van der Waals surface area contributed by atoms with Crippen molar-refractivity contribution >= 4 is 11.7 Å². The van der Waals surface area contributed by atoms with Crippen LogP contribution in [0.3, 0.4) is 0 Å².